The van der Waals surface area contributed by atoms with E-state index in [1.54, 1.807) is 30.3 Å². The Morgan fingerprint density at radius 1 is 1.25 bits per heavy atom. The Balaban J connectivity index is 2.16. The quantitative estimate of drug-likeness (QED) is 0.721. The summed E-state index contributed by atoms with van der Waals surface area (Å²) in [6, 6.07) is 8.30. The molecule has 124 valence electrons. The summed E-state index contributed by atoms with van der Waals surface area (Å²) in [5.41, 5.74) is 1.77. The van der Waals surface area contributed by atoms with Crippen molar-refractivity contribution in [3.63, 3.8) is 0 Å². The Labute approximate surface area is 147 Å². The van der Waals surface area contributed by atoms with Crippen LogP contribution in [0.3, 0.4) is 0 Å². The Morgan fingerprint density at radius 2 is 1.92 bits per heavy atom. The van der Waals surface area contributed by atoms with E-state index in [0.717, 1.165) is 9.54 Å². The number of nitrogens with zero attached hydrogens (tertiary/aromatic N) is 2. The SMILES string of the molecule is CC(=O)Nc1cnc2c(c1)c(Br)cn2S(=O)(=O)c1ccc(C)cc1. The van der Waals surface area contributed by atoms with Crippen LogP contribution in [0.1, 0.15) is 12.5 Å². The van der Waals surface area contributed by atoms with Crippen molar-refractivity contribution in [3.8, 4) is 0 Å². The van der Waals surface area contributed by atoms with Gasteiger partial charge in [-0.3, -0.25) is 4.79 Å². The predicted octanol–water partition coefficient (Wildman–Crippen LogP) is 3.30. The highest BCUT2D eigenvalue weighted by Gasteiger charge is 2.21. The summed E-state index contributed by atoms with van der Waals surface area (Å²) >= 11 is 3.36. The molecule has 1 aromatic carbocycles. The van der Waals surface area contributed by atoms with Gasteiger partial charge in [-0.05, 0) is 41.1 Å². The van der Waals surface area contributed by atoms with E-state index in [-0.39, 0.29) is 16.4 Å². The Bertz CT molecular complexity index is 1040. The smallest absolute Gasteiger partial charge is 0.269 e. The standard InChI is InChI=1S/C16H14BrN3O3S/c1-10-3-5-13(6-4-10)24(22,23)20-9-15(17)14-7-12(19-11(2)21)8-18-16(14)20/h3-9H,1-2H3,(H,19,21). The van der Waals surface area contributed by atoms with E-state index >= 15 is 0 Å². The molecule has 1 amide bonds. The third-order valence-corrected chi connectivity index (χ3v) is 5.76. The third kappa shape index (κ3) is 2.94. The lowest BCUT2D eigenvalue weighted by Crippen LogP contribution is -2.12. The number of halogens is 1. The van der Waals surface area contributed by atoms with Gasteiger partial charge in [-0.25, -0.2) is 17.4 Å². The maximum absolute atomic E-state index is 12.9. The number of aryl methyl sites for hydroxylation is 1. The number of hydrogen-bond donors (Lipinski definition) is 1. The molecule has 2 heterocycles. The van der Waals surface area contributed by atoms with Crippen molar-refractivity contribution in [1.82, 2.24) is 8.96 Å². The molecule has 0 saturated carbocycles. The summed E-state index contributed by atoms with van der Waals surface area (Å²) < 4.78 is 27.4. The van der Waals surface area contributed by atoms with Crippen LogP contribution in [0.25, 0.3) is 11.0 Å². The van der Waals surface area contributed by atoms with Crippen LogP contribution in [-0.2, 0) is 14.8 Å². The van der Waals surface area contributed by atoms with Gasteiger partial charge in [0.1, 0.15) is 0 Å². The normalized spacial score (nSPS) is 11.6. The molecule has 0 atom stereocenters. The lowest BCUT2D eigenvalue weighted by atomic mass is 10.2. The number of hydrogen-bond acceptors (Lipinski definition) is 4. The lowest BCUT2D eigenvalue weighted by Gasteiger charge is -2.08. The first kappa shape index (κ1) is 16.7. The van der Waals surface area contributed by atoms with Gasteiger partial charge >= 0.3 is 0 Å². The molecule has 0 fully saturated rings. The Hall–Kier alpha value is -2.19. The maximum atomic E-state index is 12.9. The number of rotatable bonds is 3. The minimum Gasteiger partial charge on any atom is -0.325 e. The average molecular weight is 408 g/mol. The van der Waals surface area contributed by atoms with Gasteiger partial charge in [-0.15, -0.1) is 0 Å². The largest absolute Gasteiger partial charge is 0.325 e. The first-order chi connectivity index (χ1) is 11.3. The maximum Gasteiger partial charge on any atom is 0.269 e. The second-order valence-corrected chi connectivity index (χ2v) is 8.04. The molecular weight excluding hydrogens is 394 g/mol. The van der Waals surface area contributed by atoms with Crippen LogP contribution in [0.5, 0.6) is 0 Å². The van der Waals surface area contributed by atoms with Crippen molar-refractivity contribution in [2.75, 3.05) is 5.32 Å². The molecule has 2 aromatic heterocycles. The molecule has 1 N–H and O–H groups in total. The fourth-order valence-corrected chi connectivity index (χ4v) is 4.28. The zero-order chi connectivity index (χ0) is 17.5. The van der Waals surface area contributed by atoms with Crippen molar-refractivity contribution < 1.29 is 13.2 Å². The highest BCUT2D eigenvalue weighted by atomic mass is 79.9. The molecule has 3 rings (SSSR count). The Morgan fingerprint density at radius 3 is 2.54 bits per heavy atom. The van der Waals surface area contributed by atoms with Crippen LogP contribution in [0.2, 0.25) is 0 Å². The molecular formula is C16H14BrN3O3S. The van der Waals surface area contributed by atoms with Crippen molar-refractivity contribution in [1.29, 1.82) is 0 Å². The van der Waals surface area contributed by atoms with Gasteiger partial charge < -0.3 is 5.32 Å². The van der Waals surface area contributed by atoms with Gasteiger partial charge in [0.15, 0.2) is 5.65 Å². The van der Waals surface area contributed by atoms with Crippen molar-refractivity contribution >= 4 is 48.6 Å². The van der Waals surface area contributed by atoms with Crippen molar-refractivity contribution in [2.45, 2.75) is 18.7 Å². The number of amides is 1. The summed E-state index contributed by atoms with van der Waals surface area (Å²) in [7, 11) is -3.76. The molecule has 0 spiro atoms. The van der Waals surface area contributed by atoms with E-state index in [0.29, 0.717) is 15.5 Å². The lowest BCUT2D eigenvalue weighted by molar-refractivity contribution is -0.114. The second kappa shape index (κ2) is 6.03. The van der Waals surface area contributed by atoms with Gasteiger partial charge in [0, 0.05) is 23.0 Å². The summed E-state index contributed by atoms with van der Waals surface area (Å²) in [6.45, 7) is 3.29. The molecule has 0 radical (unpaired) electrons. The summed E-state index contributed by atoms with van der Waals surface area (Å²) in [5, 5.41) is 3.22. The monoisotopic (exact) mass is 407 g/mol. The number of benzene rings is 1. The minimum atomic E-state index is -3.76. The van der Waals surface area contributed by atoms with E-state index in [1.165, 1.54) is 19.3 Å². The number of fused-ring (bicyclic) bond motifs is 1. The predicted molar refractivity (Wildman–Crippen MR) is 95.5 cm³/mol. The Kier molecular flexibility index (Phi) is 4.18. The van der Waals surface area contributed by atoms with Crippen LogP contribution < -0.4 is 5.32 Å². The fourth-order valence-electron chi connectivity index (χ4n) is 2.32. The molecule has 3 aromatic rings. The molecule has 24 heavy (non-hydrogen) atoms. The number of anilines is 1. The van der Waals surface area contributed by atoms with E-state index in [9.17, 15) is 13.2 Å². The topological polar surface area (TPSA) is 81.1 Å². The van der Waals surface area contributed by atoms with Gasteiger partial charge in [-0.2, -0.15) is 0 Å². The van der Waals surface area contributed by atoms with E-state index < -0.39 is 10.0 Å². The molecule has 8 heteroatoms. The van der Waals surface area contributed by atoms with Crippen LogP contribution in [0.15, 0.2) is 52.1 Å². The van der Waals surface area contributed by atoms with E-state index in [1.807, 2.05) is 6.92 Å². The van der Waals surface area contributed by atoms with Crippen LogP contribution in [0.4, 0.5) is 5.69 Å². The van der Waals surface area contributed by atoms with Crippen molar-refractivity contribution in [2.24, 2.45) is 0 Å². The van der Waals surface area contributed by atoms with Gasteiger partial charge in [-0.1, -0.05) is 17.7 Å². The van der Waals surface area contributed by atoms with Crippen LogP contribution in [0, 0.1) is 6.92 Å². The fraction of sp³-hybridized carbons (Fsp3) is 0.125. The number of aromatic nitrogens is 2. The zero-order valence-electron chi connectivity index (χ0n) is 12.9. The molecule has 0 unspecified atom stereocenters. The zero-order valence-corrected chi connectivity index (χ0v) is 15.3. The number of carbonyl (C=O) groups is 1. The first-order valence-corrected chi connectivity index (χ1v) is 9.29. The number of pyridine rings is 1. The summed E-state index contributed by atoms with van der Waals surface area (Å²) in [5.74, 6) is -0.223. The van der Waals surface area contributed by atoms with Gasteiger partial charge in [0.2, 0.25) is 5.91 Å². The van der Waals surface area contributed by atoms with Gasteiger partial charge in [0.05, 0.1) is 16.8 Å². The summed E-state index contributed by atoms with van der Waals surface area (Å²) in [6.07, 6.45) is 2.89. The number of nitrogens with one attached hydrogen (secondary N) is 1. The van der Waals surface area contributed by atoms with E-state index in [4.69, 9.17) is 0 Å². The molecule has 0 aliphatic carbocycles. The summed E-state index contributed by atoms with van der Waals surface area (Å²) in [4.78, 5) is 15.5. The second-order valence-electron chi connectivity index (χ2n) is 5.37. The highest BCUT2D eigenvalue weighted by Crippen LogP contribution is 2.30. The third-order valence-electron chi connectivity index (χ3n) is 3.46. The molecule has 0 aliphatic heterocycles. The molecule has 0 bridgehead atoms. The highest BCUT2D eigenvalue weighted by molar-refractivity contribution is 9.10. The average Bonchev–Trinajstić information content (AvgIpc) is 2.85. The van der Waals surface area contributed by atoms with E-state index in [2.05, 4.69) is 26.2 Å². The number of carbonyl (C=O) groups excluding carboxylic acids is 1. The molecule has 6 nitrogen and oxygen atoms in total. The van der Waals surface area contributed by atoms with Gasteiger partial charge in [0.25, 0.3) is 10.0 Å². The van der Waals surface area contributed by atoms with Crippen molar-refractivity contribution in [3.05, 3.63) is 52.8 Å². The van der Waals surface area contributed by atoms with Crippen LogP contribution in [-0.4, -0.2) is 23.3 Å². The first-order valence-electron chi connectivity index (χ1n) is 7.05. The minimum absolute atomic E-state index is 0.185. The molecule has 0 aliphatic rings. The molecule has 0 saturated heterocycles. The van der Waals surface area contributed by atoms with Crippen LogP contribution >= 0.6 is 15.9 Å².